The number of hydrogen-bond acceptors (Lipinski definition) is 5. The smallest absolute Gasteiger partial charge is 0.325 e. The van der Waals surface area contributed by atoms with E-state index < -0.39 is 11.6 Å². The zero-order valence-electron chi connectivity index (χ0n) is 18.8. The zero-order chi connectivity index (χ0) is 23.6. The van der Waals surface area contributed by atoms with Crippen LogP contribution >= 0.6 is 11.6 Å². The highest BCUT2D eigenvalue weighted by Gasteiger charge is 2.55. The van der Waals surface area contributed by atoms with Gasteiger partial charge in [0.25, 0.3) is 5.91 Å². The normalized spacial score (nSPS) is 25.9. The molecule has 2 N–H and O–H groups in total. The molecule has 2 heterocycles. The lowest BCUT2D eigenvalue weighted by Crippen LogP contribution is -2.55. The molecule has 2 aliphatic heterocycles. The van der Waals surface area contributed by atoms with Crippen LogP contribution in [0.15, 0.2) is 24.3 Å². The first-order chi connectivity index (χ1) is 15.8. The van der Waals surface area contributed by atoms with Gasteiger partial charge in [-0.2, -0.15) is 0 Å². The van der Waals surface area contributed by atoms with Crippen LogP contribution in [0.1, 0.15) is 32.6 Å². The van der Waals surface area contributed by atoms with Crippen LogP contribution in [0.3, 0.4) is 0 Å². The Labute approximate surface area is 198 Å². The number of nitrogens with one attached hydrogen (secondary N) is 2. The lowest BCUT2D eigenvalue weighted by atomic mass is 9.73. The Kier molecular flexibility index (Phi) is 6.90. The van der Waals surface area contributed by atoms with Gasteiger partial charge in [0.1, 0.15) is 12.1 Å². The number of urea groups is 1. The van der Waals surface area contributed by atoms with Gasteiger partial charge in [0, 0.05) is 26.2 Å². The Morgan fingerprint density at radius 1 is 1.12 bits per heavy atom. The number of nitrogens with zero attached hydrogens (tertiary/aromatic N) is 3. The number of amides is 5. The van der Waals surface area contributed by atoms with Crippen LogP contribution in [-0.4, -0.2) is 83.3 Å². The van der Waals surface area contributed by atoms with Gasteiger partial charge in [0.2, 0.25) is 11.8 Å². The summed E-state index contributed by atoms with van der Waals surface area (Å²) >= 11 is 6.08. The summed E-state index contributed by atoms with van der Waals surface area (Å²) in [6, 6.07) is 6.57. The molecule has 1 aromatic rings. The first-order valence-electron chi connectivity index (χ1n) is 11.5. The third kappa shape index (κ3) is 4.84. The molecule has 1 aromatic carbocycles. The van der Waals surface area contributed by atoms with Crippen molar-refractivity contribution in [3.8, 4) is 0 Å². The van der Waals surface area contributed by atoms with Crippen molar-refractivity contribution in [3.63, 3.8) is 0 Å². The minimum absolute atomic E-state index is 0.0586. The number of carbonyl (C=O) groups is 4. The summed E-state index contributed by atoms with van der Waals surface area (Å²) in [5.74, 6) is -0.639. The quantitative estimate of drug-likeness (QED) is 0.633. The standard InChI is InChI=1S/C23H30ClN5O4/c1-16-6-4-5-9-23(16)21(32)29(22(33)26-23)15-20(31)28-12-10-27(11-13-28)14-19(30)25-18-8-3-2-7-17(18)24/h2-3,7-8,16H,4-6,9-15H2,1H3,(H,25,30)(H,26,33)/t16-,23+/m1/s1. The number of imide groups is 1. The zero-order valence-corrected chi connectivity index (χ0v) is 19.6. The fourth-order valence-corrected chi connectivity index (χ4v) is 5.17. The van der Waals surface area contributed by atoms with Crippen LogP contribution in [0, 0.1) is 5.92 Å². The molecule has 3 fully saturated rings. The highest BCUT2D eigenvalue weighted by Crippen LogP contribution is 2.38. The Hall–Kier alpha value is -2.65. The van der Waals surface area contributed by atoms with Crippen LogP contribution in [0.4, 0.5) is 10.5 Å². The van der Waals surface area contributed by atoms with Crippen molar-refractivity contribution >= 4 is 41.0 Å². The highest BCUT2D eigenvalue weighted by molar-refractivity contribution is 6.33. The Balaban J connectivity index is 1.26. The minimum atomic E-state index is -0.858. The van der Waals surface area contributed by atoms with E-state index in [2.05, 4.69) is 10.6 Å². The maximum atomic E-state index is 13.1. The van der Waals surface area contributed by atoms with Crippen molar-refractivity contribution in [1.82, 2.24) is 20.0 Å². The van der Waals surface area contributed by atoms with Gasteiger partial charge in [0.05, 0.1) is 17.3 Å². The second kappa shape index (κ2) is 9.69. The number of rotatable bonds is 5. The van der Waals surface area contributed by atoms with Crippen molar-refractivity contribution in [2.75, 3.05) is 44.6 Å². The van der Waals surface area contributed by atoms with E-state index in [1.807, 2.05) is 11.8 Å². The lowest BCUT2D eigenvalue weighted by molar-refractivity contribution is -0.141. The fourth-order valence-electron chi connectivity index (χ4n) is 4.99. The molecule has 1 saturated carbocycles. The van der Waals surface area contributed by atoms with Crippen LogP contribution in [-0.2, 0) is 14.4 Å². The first-order valence-corrected chi connectivity index (χ1v) is 11.9. The molecule has 178 valence electrons. The molecule has 1 spiro atoms. The molecule has 5 amide bonds. The predicted molar refractivity (Wildman–Crippen MR) is 124 cm³/mol. The Bertz CT molecular complexity index is 949. The maximum Gasteiger partial charge on any atom is 0.325 e. The third-order valence-corrected chi connectivity index (χ3v) is 7.36. The summed E-state index contributed by atoms with van der Waals surface area (Å²) < 4.78 is 0. The van der Waals surface area contributed by atoms with Gasteiger partial charge >= 0.3 is 6.03 Å². The van der Waals surface area contributed by atoms with Crippen molar-refractivity contribution < 1.29 is 19.2 Å². The van der Waals surface area contributed by atoms with E-state index in [-0.39, 0.29) is 36.7 Å². The predicted octanol–water partition coefficient (Wildman–Crippen LogP) is 1.92. The summed E-state index contributed by atoms with van der Waals surface area (Å²) in [5.41, 5.74) is -0.292. The van der Waals surface area contributed by atoms with Crippen LogP contribution < -0.4 is 10.6 Å². The molecule has 2 saturated heterocycles. The van der Waals surface area contributed by atoms with Crippen LogP contribution in [0.2, 0.25) is 5.02 Å². The van der Waals surface area contributed by atoms with Crippen molar-refractivity contribution in [1.29, 1.82) is 0 Å². The van der Waals surface area contributed by atoms with Gasteiger partial charge in [-0.05, 0) is 30.9 Å². The average molecular weight is 476 g/mol. The molecule has 9 nitrogen and oxygen atoms in total. The molecule has 1 aliphatic carbocycles. The molecular weight excluding hydrogens is 446 g/mol. The Morgan fingerprint density at radius 2 is 1.85 bits per heavy atom. The van der Waals surface area contributed by atoms with Gasteiger partial charge in [0.15, 0.2) is 0 Å². The molecule has 0 radical (unpaired) electrons. The summed E-state index contributed by atoms with van der Waals surface area (Å²) in [7, 11) is 0. The first kappa shape index (κ1) is 23.5. The summed E-state index contributed by atoms with van der Waals surface area (Å²) in [6.07, 6.45) is 3.45. The SMILES string of the molecule is C[C@@H]1CCCC[C@]12NC(=O)N(CC(=O)N1CCN(CC(=O)Nc3ccccc3Cl)CC1)C2=O. The topological polar surface area (TPSA) is 102 Å². The molecular formula is C23H30ClN5O4. The molecule has 0 bridgehead atoms. The van der Waals surface area contributed by atoms with Crippen molar-refractivity contribution in [3.05, 3.63) is 29.3 Å². The van der Waals surface area contributed by atoms with Gasteiger partial charge < -0.3 is 15.5 Å². The van der Waals surface area contributed by atoms with E-state index in [1.165, 1.54) is 0 Å². The van der Waals surface area contributed by atoms with Gasteiger partial charge in [-0.3, -0.25) is 24.2 Å². The molecule has 33 heavy (non-hydrogen) atoms. The fraction of sp³-hybridized carbons (Fsp3) is 0.565. The molecule has 0 unspecified atom stereocenters. The van der Waals surface area contributed by atoms with E-state index in [0.717, 1.165) is 24.2 Å². The van der Waals surface area contributed by atoms with Gasteiger partial charge in [-0.25, -0.2) is 4.79 Å². The van der Waals surface area contributed by atoms with Gasteiger partial charge in [-0.1, -0.05) is 43.5 Å². The number of benzene rings is 1. The molecule has 2 atom stereocenters. The Morgan fingerprint density at radius 3 is 2.55 bits per heavy atom. The van der Waals surface area contributed by atoms with E-state index >= 15 is 0 Å². The monoisotopic (exact) mass is 475 g/mol. The van der Waals surface area contributed by atoms with Crippen LogP contribution in [0.5, 0.6) is 0 Å². The second-order valence-electron chi connectivity index (χ2n) is 9.12. The van der Waals surface area contributed by atoms with E-state index in [0.29, 0.717) is 43.3 Å². The van der Waals surface area contributed by atoms with Crippen LogP contribution in [0.25, 0.3) is 0 Å². The second-order valence-corrected chi connectivity index (χ2v) is 9.53. The molecule has 4 rings (SSSR count). The number of piperazine rings is 1. The van der Waals surface area contributed by atoms with E-state index in [1.54, 1.807) is 29.2 Å². The van der Waals surface area contributed by atoms with Gasteiger partial charge in [-0.15, -0.1) is 0 Å². The number of hydrogen-bond donors (Lipinski definition) is 2. The molecule has 0 aromatic heterocycles. The molecule has 10 heteroatoms. The lowest BCUT2D eigenvalue weighted by Gasteiger charge is -2.37. The molecule has 3 aliphatic rings. The third-order valence-electron chi connectivity index (χ3n) is 7.03. The number of para-hydroxylation sites is 1. The van der Waals surface area contributed by atoms with E-state index in [4.69, 9.17) is 11.6 Å². The number of anilines is 1. The summed E-state index contributed by atoms with van der Waals surface area (Å²) in [6.45, 7) is 3.87. The largest absolute Gasteiger partial charge is 0.339 e. The highest BCUT2D eigenvalue weighted by atomic mass is 35.5. The maximum absolute atomic E-state index is 13.1. The van der Waals surface area contributed by atoms with Crippen molar-refractivity contribution in [2.24, 2.45) is 5.92 Å². The average Bonchev–Trinajstić information content (AvgIpc) is 3.02. The minimum Gasteiger partial charge on any atom is -0.339 e. The number of halogens is 1. The summed E-state index contributed by atoms with van der Waals surface area (Å²) in [4.78, 5) is 55.5. The van der Waals surface area contributed by atoms with Crippen molar-refractivity contribution in [2.45, 2.75) is 38.1 Å². The number of carbonyl (C=O) groups excluding carboxylic acids is 4. The summed E-state index contributed by atoms with van der Waals surface area (Å²) in [5, 5.41) is 6.16. The van der Waals surface area contributed by atoms with E-state index in [9.17, 15) is 19.2 Å².